The third kappa shape index (κ3) is 6.67. The molecule has 0 aliphatic rings. The minimum absolute atomic E-state index is 0.190. The third-order valence-electron chi connectivity index (χ3n) is 5.56. The molecule has 2 N–H and O–H groups in total. The van der Waals surface area contributed by atoms with Crippen molar-refractivity contribution < 1.29 is 14.3 Å². The highest BCUT2D eigenvalue weighted by molar-refractivity contribution is 6.05. The molecule has 0 unspecified atom stereocenters. The largest absolute Gasteiger partial charge is 0.497 e. The quantitative estimate of drug-likeness (QED) is 0.474. The molecule has 3 aromatic carbocycles. The molecule has 0 radical (unpaired) electrons. The van der Waals surface area contributed by atoms with Gasteiger partial charge in [0, 0.05) is 29.9 Å². The third-order valence-corrected chi connectivity index (χ3v) is 5.56. The van der Waals surface area contributed by atoms with Gasteiger partial charge < -0.3 is 15.4 Å². The highest BCUT2D eigenvalue weighted by atomic mass is 16.5. The molecular formula is C27H31N3O3. The fourth-order valence-corrected chi connectivity index (χ4v) is 3.56. The molecule has 3 aromatic rings. The first kappa shape index (κ1) is 24.0. The minimum atomic E-state index is -0.267. The van der Waals surface area contributed by atoms with E-state index in [2.05, 4.69) is 35.4 Å². The summed E-state index contributed by atoms with van der Waals surface area (Å²) in [6.45, 7) is 7.54. The number of hydrogen-bond donors (Lipinski definition) is 2. The van der Waals surface area contributed by atoms with Crippen molar-refractivity contribution in [2.45, 2.75) is 26.9 Å². The molecule has 172 valence electrons. The first-order valence-electron chi connectivity index (χ1n) is 11.2. The molecule has 0 fully saturated rings. The molecule has 0 aromatic heterocycles. The predicted molar refractivity (Wildman–Crippen MR) is 132 cm³/mol. The molecule has 0 atom stereocenters. The van der Waals surface area contributed by atoms with Crippen LogP contribution in [0.1, 0.15) is 45.7 Å². The number of carbonyl (C=O) groups excluding carboxylic acids is 2. The number of methoxy groups -OCH3 is 1. The Morgan fingerprint density at radius 1 is 0.818 bits per heavy atom. The van der Waals surface area contributed by atoms with E-state index in [0.717, 1.165) is 25.2 Å². The van der Waals surface area contributed by atoms with Crippen molar-refractivity contribution in [1.29, 1.82) is 0 Å². The molecule has 33 heavy (non-hydrogen) atoms. The zero-order valence-electron chi connectivity index (χ0n) is 19.4. The van der Waals surface area contributed by atoms with Gasteiger partial charge in [-0.1, -0.05) is 50.2 Å². The van der Waals surface area contributed by atoms with E-state index in [1.807, 2.05) is 18.2 Å². The number of carbonyl (C=O) groups is 2. The fraction of sp³-hybridized carbons (Fsp3) is 0.259. The number of hydrogen-bond acceptors (Lipinski definition) is 4. The summed E-state index contributed by atoms with van der Waals surface area (Å²) in [4.78, 5) is 27.7. The van der Waals surface area contributed by atoms with Crippen LogP contribution >= 0.6 is 0 Å². The molecular weight excluding hydrogens is 414 g/mol. The van der Waals surface area contributed by atoms with Crippen molar-refractivity contribution in [2.24, 2.45) is 0 Å². The lowest BCUT2D eigenvalue weighted by Gasteiger charge is -2.20. The smallest absolute Gasteiger partial charge is 0.255 e. The van der Waals surface area contributed by atoms with Crippen LogP contribution in [0.5, 0.6) is 5.75 Å². The van der Waals surface area contributed by atoms with E-state index < -0.39 is 0 Å². The topological polar surface area (TPSA) is 70.7 Å². The summed E-state index contributed by atoms with van der Waals surface area (Å²) in [5.74, 6) is 0.152. The summed E-state index contributed by atoms with van der Waals surface area (Å²) in [6.07, 6.45) is 0. The number of nitrogens with one attached hydrogen (secondary N) is 2. The van der Waals surface area contributed by atoms with Crippen LogP contribution in [0, 0.1) is 0 Å². The lowest BCUT2D eigenvalue weighted by Crippen LogP contribution is -2.26. The maximum Gasteiger partial charge on any atom is 0.255 e. The van der Waals surface area contributed by atoms with E-state index in [1.165, 1.54) is 5.56 Å². The summed E-state index contributed by atoms with van der Waals surface area (Å²) < 4.78 is 5.18. The highest BCUT2D eigenvalue weighted by Gasteiger charge is 2.12. The van der Waals surface area contributed by atoms with Crippen LogP contribution in [-0.4, -0.2) is 36.9 Å². The van der Waals surface area contributed by atoms with Gasteiger partial charge in [0.15, 0.2) is 0 Å². The second-order valence-electron chi connectivity index (χ2n) is 7.68. The highest BCUT2D eigenvalue weighted by Crippen LogP contribution is 2.17. The van der Waals surface area contributed by atoms with E-state index in [9.17, 15) is 9.59 Å². The normalized spacial score (nSPS) is 10.7. The number of amides is 2. The van der Waals surface area contributed by atoms with Gasteiger partial charge in [0.1, 0.15) is 5.75 Å². The molecule has 0 heterocycles. The Morgan fingerprint density at radius 3 is 2.18 bits per heavy atom. The predicted octanol–water partition coefficient (Wildman–Crippen LogP) is 4.72. The van der Waals surface area contributed by atoms with Gasteiger partial charge in [-0.05, 0) is 60.6 Å². The van der Waals surface area contributed by atoms with Gasteiger partial charge in [-0.15, -0.1) is 0 Å². The van der Waals surface area contributed by atoms with Crippen LogP contribution in [0.25, 0.3) is 0 Å². The van der Waals surface area contributed by atoms with Gasteiger partial charge in [0.25, 0.3) is 11.8 Å². The Bertz CT molecular complexity index is 1090. The van der Waals surface area contributed by atoms with Crippen LogP contribution in [0.15, 0.2) is 72.8 Å². The Hall–Kier alpha value is -3.64. The van der Waals surface area contributed by atoms with Crippen LogP contribution in [0.2, 0.25) is 0 Å². The summed E-state index contributed by atoms with van der Waals surface area (Å²) in [5.41, 5.74) is 3.83. The molecule has 0 bridgehead atoms. The number of anilines is 1. The van der Waals surface area contributed by atoms with E-state index in [4.69, 9.17) is 4.74 Å². The second kappa shape index (κ2) is 11.8. The Labute approximate surface area is 195 Å². The number of rotatable bonds is 10. The zero-order valence-corrected chi connectivity index (χ0v) is 19.4. The maximum atomic E-state index is 12.8. The summed E-state index contributed by atoms with van der Waals surface area (Å²) >= 11 is 0. The average molecular weight is 446 g/mol. The first-order chi connectivity index (χ1) is 16.0. The van der Waals surface area contributed by atoms with Crippen LogP contribution in [0.3, 0.4) is 0 Å². The number of benzene rings is 3. The Morgan fingerprint density at radius 2 is 1.48 bits per heavy atom. The first-order valence-corrected chi connectivity index (χ1v) is 11.2. The van der Waals surface area contributed by atoms with Gasteiger partial charge in [-0.25, -0.2) is 0 Å². The molecule has 3 rings (SSSR count). The molecule has 0 spiro atoms. The number of nitrogens with zero attached hydrogens (tertiary/aromatic N) is 1. The van der Waals surface area contributed by atoms with E-state index in [1.54, 1.807) is 55.6 Å². The van der Waals surface area contributed by atoms with Crippen molar-refractivity contribution in [3.63, 3.8) is 0 Å². The van der Waals surface area contributed by atoms with E-state index in [0.29, 0.717) is 29.1 Å². The monoisotopic (exact) mass is 445 g/mol. The summed E-state index contributed by atoms with van der Waals surface area (Å²) in [7, 11) is 1.56. The molecule has 6 nitrogen and oxygen atoms in total. The van der Waals surface area contributed by atoms with Gasteiger partial charge in [0.05, 0.1) is 7.11 Å². The molecule has 2 amide bonds. The molecule has 0 aliphatic heterocycles. The second-order valence-corrected chi connectivity index (χ2v) is 7.68. The van der Waals surface area contributed by atoms with Crippen molar-refractivity contribution in [1.82, 2.24) is 10.2 Å². The lowest BCUT2D eigenvalue weighted by atomic mass is 10.1. The lowest BCUT2D eigenvalue weighted by molar-refractivity contribution is 0.0949. The summed E-state index contributed by atoms with van der Waals surface area (Å²) in [5, 5.41) is 5.85. The SMILES string of the molecule is CCN(CC)Cc1ccccc1CNC(=O)c1cccc(NC(=O)c2cccc(OC)c2)c1. The van der Waals surface area contributed by atoms with Crippen molar-refractivity contribution in [3.8, 4) is 5.75 Å². The van der Waals surface area contributed by atoms with Crippen LogP contribution in [0.4, 0.5) is 5.69 Å². The molecule has 0 saturated heterocycles. The van der Waals surface area contributed by atoms with Crippen molar-refractivity contribution in [2.75, 3.05) is 25.5 Å². The van der Waals surface area contributed by atoms with Gasteiger partial charge >= 0.3 is 0 Å². The van der Waals surface area contributed by atoms with E-state index in [-0.39, 0.29) is 11.8 Å². The minimum Gasteiger partial charge on any atom is -0.497 e. The Kier molecular flexibility index (Phi) is 8.61. The molecule has 0 aliphatic carbocycles. The van der Waals surface area contributed by atoms with Gasteiger partial charge in [-0.2, -0.15) is 0 Å². The van der Waals surface area contributed by atoms with E-state index >= 15 is 0 Å². The zero-order chi connectivity index (χ0) is 23.6. The van der Waals surface area contributed by atoms with Gasteiger partial charge in [-0.3, -0.25) is 14.5 Å². The summed E-state index contributed by atoms with van der Waals surface area (Å²) in [6, 6.07) is 22.0. The average Bonchev–Trinajstić information content (AvgIpc) is 2.86. The van der Waals surface area contributed by atoms with Crippen LogP contribution in [-0.2, 0) is 13.1 Å². The van der Waals surface area contributed by atoms with Gasteiger partial charge in [0.2, 0.25) is 0 Å². The van der Waals surface area contributed by atoms with Crippen LogP contribution < -0.4 is 15.4 Å². The molecule has 0 saturated carbocycles. The number of ether oxygens (including phenoxy) is 1. The fourth-order valence-electron chi connectivity index (χ4n) is 3.56. The van der Waals surface area contributed by atoms with Crippen molar-refractivity contribution >= 4 is 17.5 Å². The standard InChI is InChI=1S/C27H31N3O3/c1-4-30(5-2)19-23-11-7-6-10-22(23)18-28-26(31)20-12-8-14-24(16-20)29-27(32)21-13-9-15-25(17-21)33-3/h6-17H,4-5,18-19H2,1-3H3,(H,28,31)(H,29,32). The molecule has 6 heteroatoms. The maximum absolute atomic E-state index is 12.8. The Balaban J connectivity index is 1.65. The van der Waals surface area contributed by atoms with Crippen molar-refractivity contribution in [3.05, 3.63) is 95.1 Å².